The van der Waals surface area contributed by atoms with Crippen LogP contribution < -0.4 is 11.1 Å². The molecule has 1 amide bonds. The van der Waals surface area contributed by atoms with Crippen LogP contribution >= 0.6 is 0 Å². The van der Waals surface area contributed by atoms with Gasteiger partial charge in [0.05, 0.1) is 0 Å². The van der Waals surface area contributed by atoms with Crippen molar-refractivity contribution in [3.63, 3.8) is 0 Å². The molecule has 17 heavy (non-hydrogen) atoms. The average molecular weight is 228 g/mol. The van der Waals surface area contributed by atoms with E-state index in [0.29, 0.717) is 17.5 Å². The Bertz CT molecular complexity index is 481. The predicted octanol–water partition coefficient (Wildman–Crippen LogP) is 2.16. The molecule has 3 atom stereocenters. The summed E-state index contributed by atoms with van der Waals surface area (Å²) in [5.74, 6) is 1.14. The van der Waals surface area contributed by atoms with Gasteiger partial charge in [-0.3, -0.25) is 4.79 Å². The molecular weight excluding hydrogens is 212 g/mol. The van der Waals surface area contributed by atoms with Crippen molar-refractivity contribution in [3.05, 3.63) is 42.0 Å². The number of amides is 1. The molecule has 0 radical (unpaired) electrons. The van der Waals surface area contributed by atoms with Gasteiger partial charge in [-0.05, 0) is 37.0 Å². The standard InChI is InChI=1S/C14H16N2O/c15-14(17)10-4-1-5-11(7-10)16-13-8-9-3-2-6-12(9)13/h1-2,4-7,9,12-13,16H,3,8H2,(H2,15,17). The monoisotopic (exact) mass is 228 g/mol. The third-order valence-corrected chi connectivity index (χ3v) is 3.86. The number of fused-ring (bicyclic) bond motifs is 1. The summed E-state index contributed by atoms with van der Waals surface area (Å²) in [5, 5.41) is 3.49. The summed E-state index contributed by atoms with van der Waals surface area (Å²) >= 11 is 0. The third kappa shape index (κ3) is 1.82. The van der Waals surface area contributed by atoms with E-state index in [1.165, 1.54) is 12.8 Å². The quantitative estimate of drug-likeness (QED) is 0.779. The molecule has 3 nitrogen and oxygen atoms in total. The van der Waals surface area contributed by atoms with Gasteiger partial charge in [0.25, 0.3) is 0 Å². The highest BCUT2D eigenvalue weighted by Gasteiger charge is 2.40. The van der Waals surface area contributed by atoms with Crippen LogP contribution in [0.3, 0.4) is 0 Å². The highest BCUT2D eigenvalue weighted by molar-refractivity contribution is 5.93. The van der Waals surface area contributed by atoms with Gasteiger partial charge < -0.3 is 11.1 Å². The summed E-state index contributed by atoms with van der Waals surface area (Å²) in [4.78, 5) is 11.1. The zero-order valence-electron chi connectivity index (χ0n) is 9.60. The lowest BCUT2D eigenvalue weighted by atomic mass is 9.71. The van der Waals surface area contributed by atoms with Crippen LogP contribution in [0.5, 0.6) is 0 Å². The maximum atomic E-state index is 11.1. The van der Waals surface area contributed by atoms with E-state index in [0.717, 1.165) is 11.6 Å². The Kier molecular flexibility index (Phi) is 2.39. The molecule has 0 spiro atoms. The normalized spacial score (nSPS) is 29.5. The number of nitrogens with one attached hydrogen (secondary N) is 1. The highest BCUT2D eigenvalue weighted by atomic mass is 16.1. The van der Waals surface area contributed by atoms with Gasteiger partial charge in [-0.15, -0.1) is 0 Å². The minimum atomic E-state index is -0.374. The van der Waals surface area contributed by atoms with Gasteiger partial charge in [0.15, 0.2) is 0 Å². The number of anilines is 1. The van der Waals surface area contributed by atoms with Crippen molar-refractivity contribution in [2.24, 2.45) is 17.6 Å². The Balaban J connectivity index is 1.71. The van der Waals surface area contributed by atoms with E-state index in [1.54, 1.807) is 6.07 Å². The average Bonchev–Trinajstić information content (AvgIpc) is 2.68. The summed E-state index contributed by atoms with van der Waals surface area (Å²) in [6, 6.07) is 7.93. The van der Waals surface area contributed by atoms with Crippen LogP contribution in [0.25, 0.3) is 0 Å². The fraction of sp³-hybridized carbons (Fsp3) is 0.357. The van der Waals surface area contributed by atoms with Gasteiger partial charge in [-0.2, -0.15) is 0 Å². The molecule has 1 aromatic rings. The summed E-state index contributed by atoms with van der Waals surface area (Å²) < 4.78 is 0. The number of rotatable bonds is 3. The first-order valence-electron chi connectivity index (χ1n) is 6.07. The van der Waals surface area contributed by atoms with Crippen LogP contribution in [0.2, 0.25) is 0 Å². The Hall–Kier alpha value is -1.77. The zero-order valence-corrected chi connectivity index (χ0v) is 9.60. The first-order valence-corrected chi connectivity index (χ1v) is 6.07. The van der Waals surface area contributed by atoms with Gasteiger partial charge in [0.2, 0.25) is 5.91 Å². The number of carbonyl (C=O) groups is 1. The van der Waals surface area contributed by atoms with Gasteiger partial charge in [0.1, 0.15) is 0 Å². The van der Waals surface area contributed by atoms with E-state index in [4.69, 9.17) is 5.73 Å². The second-order valence-corrected chi connectivity index (χ2v) is 4.93. The second kappa shape index (κ2) is 3.91. The van der Waals surface area contributed by atoms with E-state index in [1.807, 2.05) is 18.2 Å². The maximum absolute atomic E-state index is 11.1. The lowest BCUT2D eigenvalue weighted by molar-refractivity contribution is 0.100. The first-order chi connectivity index (χ1) is 8.24. The first kappa shape index (κ1) is 10.4. The molecule has 3 rings (SSSR count). The van der Waals surface area contributed by atoms with Crippen molar-refractivity contribution in [2.45, 2.75) is 18.9 Å². The number of primary amides is 1. The molecule has 0 aromatic heterocycles. The second-order valence-electron chi connectivity index (χ2n) is 4.93. The minimum absolute atomic E-state index is 0.374. The molecule has 0 aliphatic heterocycles. The van der Waals surface area contributed by atoms with Crippen molar-refractivity contribution in [1.29, 1.82) is 0 Å². The van der Waals surface area contributed by atoms with Crippen LogP contribution in [0.15, 0.2) is 36.4 Å². The fourth-order valence-electron chi connectivity index (χ4n) is 2.86. The number of benzene rings is 1. The van der Waals surface area contributed by atoms with Crippen LogP contribution in [0.4, 0.5) is 5.69 Å². The highest BCUT2D eigenvalue weighted by Crippen LogP contribution is 2.44. The van der Waals surface area contributed by atoms with Gasteiger partial charge >= 0.3 is 0 Å². The topological polar surface area (TPSA) is 55.1 Å². The smallest absolute Gasteiger partial charge is 0.248 e. The van der Waals surface area contributed by atoms with Crippen LogP contribution in [0.1, 0.15) is 23.2 Å². The molecule has 0 bridgehead atoms. The SMILES string of the molecule is NC(=O)c1cccc(NC2CC3CC=CC32)c1. The summed E-state index contributed by atoms with van der Waals surface area (Å²) in [7, 11) is 0. The van der Waals surface area contributed by atoms with E-state index in [2.05, 4.69) is 17.5 Å². The molecular formula is C14H16N2O. The summed E-state index contributed by atoms with van der Waals surface area (Å²) in [6.45, 7) is 0. The van der Waals surface area contributed by atoms with E-state index in [-0.39, 0.29) is 5.91 Å². The van der Waals surface area contributed by atoms with Crippen LogP contribution in [-0.4, -0.2) is 11.9 Å². The lowest BCUT2D eigenvalue weighted by Gasteiger charge is -2.41. The Morgan fingerprint density at radius 1 is 1.41 bits per heavy atom. The zero-order chi connectivity index (χ0) is 11.8. The Morgan fingerprint density at radius 2 is 2.29 bits per heavy atom. The van der Waals surface area contributed by atoms with Crippen LogP contribution in [0, 0.1) is 11.8 Å². The van der Waals surface area contributed by atoms with Crippen molar-refractivity contribution in [3.8, 4) is 0 Å². The Morgan fingerprint density at radius 3 is 3.06 bits per heavy atom. The molecule has 3 N–H and O–H groups in total. The molecule has 1 saturated carbocycles. The van der Waals surface area contributed by atoms with Crippen molar-refractivity contribution < 1.29 is 4.79 Å². The molecule has 2 aliphatic carbocycles. The fourth-order valence-corrected chi connectivity index (χ4v) is 2.86. The Labute approximate surface area is 101 Å². The van der Waals surface area contributed by atoms with Gasteiger partial charge in [-0.1, -0.05) is 18.2 Å². The summed E-state index contributed by atoms with van der Waals surface area (Å²) in [5.41, 5.74) is 6.82. The largest absolute Gasteiger partial charge is 0.382 e. The number of nitrogens with two attached hydrogens (primary N) is 1. The molecule has 2 aliphatic rings. The third-order valence-electron chi connectivity index (χ3n) is 3.86. The summed E-state index contributed by atoms with van der Waals surface area (Å²) in [6.07, 6.45) is 7.03. The molecule has 0 saturated heterocycles. The van der Waals surface area contributed by atoms with E-state index in [9.17, 15) is 4.79 Å². The minimum Gasteiger partial charge on any atom is -0.382 e. The van der Waals surface area contributed by atoms with Crippen molar-refractivity contribution in [1.82, 2.24) is 0 Å². The number of hydrogen-bond donors (Lipinski definition) is 2. The lowest BCUT2D eigenvalue weighted by Crippen LogP contribution is -2.43. The number of hydrogen-bond acceptors (Lipinski definition) is 2. The maximum Gasteiger partial charge on any atom is 0.248 e. The van der Waals surface area contributed by atoms with E-state index >= 15 is 0 Å². The predicted molar refractivity (Wildman–Crippen MR) is 67.7 cm³/mol. The molecule has 3 heteroatoms. The van der Waals surface area contributed by atoms with Crippen LogP contribution in [-0.2, 0) is 0 Å². The van der Waals surface area contributed by atoms with Gasteiger partial charge in [-0.25, -0.2) is 0 Å². The van der Waals surface area contributed by atoms with Crippen molar-refractivity contribution >= 4 is 11.6 Å². The molecule has 1 fully saturated rings. The van der Waals surface area contributed by atoms with E-state index < -0.39 is 0 Å². The van der Waals surface area contributed by atoms with Crippen molar-refractivity contribution in [2.75, 3.05) is 5.32 Å². The number of carbonyl (C=O) groups excluding carboxylic acids is 1. The molecule has 88 valence electrons. The number of allylic oxidation sites excluding steroid dienone is 1. The molecule has 0 heterocycles. The molecule has 1 aromatic carbocycles. The van der Waals surface area contributed by atoms with Gasteiger partial charge in [0, 0.05) is 23.2 Å². The molecule has 3 unspecified atom stereocenters.